The highest BCUT2D eigenvalue weighted by molar-refractivity contribution is 7.23. The van der Waals surface area contributed by atoms with E-state index in [1.807, 2.05) is 0 Å². The van der Waals surface area contributed by atoms with E-state index >= 15 is 4.39 Å². The van der Waals surface area contributed by atoms with E-state index in [2.05, 4.69) is 28.5 Å². The maximum absolute atomic E-state index is 16.4. The Kier molecular flexibility index (Phi) is 10.3. The second-order valence-electron chi connectivity index (χ2n) is 11.7. The van der Waals surface area contributed by atoms with Crippen molar-refractivity contribution in [1.29, 1.82) is 5.26 Å². The molecule has 0 radical (unpaired) electrons. The van der Waals surface area contributed by atoms with Crippen molar-refractivity contribution in [2.45, 2.75) is 31.7 Å². The molecule has 2 aromatic heterocycles. The fourth-order valence-corrected chi connectivity index (χ4v) is 7.15. The molecule has 2 aliphatic rings. The van der Waals surface area contributed by atoms with Crippen LogP contribution in [0, 0.1) is 23.0 Å². The summed E-state index contributed by atoms with van der Waals surface area (Å²) in [5.41, 5.74) is 2.50. The Morgan fingerprint density at radius 2 is 1.92 bits per heavy atom. The number of hydrogen-bond acceptors (Lipinski definition) is 10. The lowest BCUT2D eigenvalue weighted by Crippen LogP contribution is -2.54. The van der Waals surface area contributed by atoms with E-state index in [-0.39, 0.29) is 75.0 Å². The van der Waals surface area contributed by atoms with Crippen LogP contribution in [0.15, 0.2) is 30.9 Å². The molecular weight excluding hydrogens is 669 g/mol. The number of aromatic nitrogens is 2. The van der Waals surface area contributed by atoms with Gasteiger partial charge in [0.15, 0.2) is 5.82 Å². The third kappa shape index (κ3) is 6.83. The SMILES string of the molecule is C=CC(=O)N1CCN(c2nc(OC)nc3c(F)c(-c4ccc(F)c5sc(N)c(C#N)c45)c(C(F)(F)F)cc23)CC1C.COC1CCN(C)C1. The molecule has 4 aromatic rings. The van der Waals surface area contributed by atoms with Gasteiger partial charge in [0.2, 0.25) is 5.91 Å². The quantitative estimate of drug-likeness (QED) is 0.202. The fourth-order valence-electron chi connectivity index (χ4n) is 6.20. The lowest BCUT2D eigenvalue weighted by Gasteiger charge is -2.40. The van der Waals surface area contributed by atoms with Crippen LogP contribution in [0.5, 0.6) is 6.01 Å². The minimum atomic E-state index is -5.07. The molecule has 2 saturated heterocycles. The lowest BCUT2D eigenvalue weighted by atomic mass is 9.92. The number of piperazine rings is 1. The summed E-state index contributed by atoms with van der Waals surface area (Å²) in [5, 5.41) is 9.07. The summed E-state index contributed by atoms with van der Waals surface area (Å²) < 4.78 is 85.0. The van der Waals surface area contributed by atoms with Gasteiger partial charge in [-0.2, -0.15) is 28.4 Å². The number of likely N-dealkylation sites (N-methyl/N-ethyl adjacent to an activating group) is 1. The first-order valence-corrected chi connectivity index (χ1v) is 16.0. The number of carbonyl (C=O) groups is 1. The Labute approximate surface area is 283 Å². The predicted molar refractivity (Wildman–Crippen MR) is 177 cm³/mol. The number of carbonyl (C=O) groups excluding carboxylic acids is 1. The van der Waals surface area contributed by atoms with Gasteiger partial charge < -0.3 is 29.9 Å². The van der Waals surface area contributed by atoms with E-state index in [1.165, 1.54) is 26.2 Å². The Hall–Kier alpha value is -4.59. The van der Waals surface area contributed by atoms with Gasteiger partial charge in [0, 0.05) is 62.2 Å². The minimum Gasteiger partial charge on any atom is -0.467 e. The molecule has 6 rings (SSSR count). The van der Waals surface area contributed by atoms with Crippen molar-refractivity contribution >= 4 is 49.1 Å². The molecule has 49 heavy (non-hydrogen) atoms. The van der Waals surface area contributed by atoms with Crippen molar-refractivity contribution in [2.24, 2.45) is 0 Å². The summed E-state index contributed by atoms with van der Waals surface area (Å²) in [6.07, 6.45) is -2.20. The average Bonchev–Trinajstić information content (AvgIpc) is 3.66. The number of rotatable bonds is 5. The van der Waals surface area contributed by atoms with Gasteiger partial charge in [0.25, 0.3) is 0 Å². The summed E-state index contributed by atoms with van der Waals surface area (Å²) in [4.78, 5) is 26.0. The number of likely N-dealkylation sites (tertiary alicyclic amines) is 1. The van der Waals surface area contributed by atoms with Crippen molar-refractivity contribution in [3.63, 3.8) is 0 Å². The number of halogens is 5. The fraction of sp³-hybridized carbons (Fsp3) is 0.394. The molecule has 260 valence electrons. The number of fused-ring (bicyclic) bond motifs is 2. The van der Waals surface area contributed by atoms with Gasteiger partial charge in [-0.1, -0.05) is 12.6 Å². The number of anilines is 2. The second kappa shape index (κ2) is 14.1. The topological polar surface area (TPSA) is 121 Å². The highest BCUT2D eigenvalue weighted by Crippen LogP contribution is 2.48. The molecule has 0 aliphatic carbocycles. The molecule has 4 heterocycles. The molecule has 16 heteroatoms. The summed E-state index contributed by atoms with van der Waals surface area (Å²) in [6.45, 7) is 8.13. The van der Waals surface area contributed by atoms with Gasteiger partial charge in [-0.25, -0.2) is 8.78 Å². The van der Waals surface area contributed by atoms with Gasteiger partial charge in [-0.05, 0) is 44.2 Å². The van der Waals surface area contributed by atoms with E-state index in [4.69, 9.17) is 15.2 Å². The van der Waals surface area contributed by atoms with Crippen LogP contribution in [0.1, 0.15) is 24.5 Å². The van der Waals surface area contributed by atoms with Gasteiger partial charge in [0.05, 0.1) is 29.0 Å². The molecule has 2 atom stereocenters. The number of benzene rings is 2. The molecule has 10 nitrogen and oxygen atoms in total. The van der Waals surface area contributed by atoms with Crippen molar-refractivity contribution < 1.29 is 36.2 Å². The number of ether oxygens (including phenoxy) is 2. The number of nitrogens with zero attached hydrogens (tertiary/aromatic N) is 6. The first kappa shape index (κ1) is 35.7. The summed E-state index contributed by atoms with van der Waals surface area (Å²) >= 11 is 0.683. The first-order chi connectivity index (χ1) is 23.2. The molecule has 2 aliphatic heterocycles. The van der Waals surface area contributed by atoms with Crippen molar-refractivity contribution in [3.05, 3.63) is 53.6 Å². The lowest BCUT2D eigenvalue weighted by molar-refractivity contribution is -0.137. The van der Waals surface area contributed by atoms with Crippen LogP contribution >= 0.6 is 11.3 Å². The zero-order chi connectivity index (χ0) is 35.8. The Balaban J connectivity index is 0.000000514. The number of nitrogen functional groups attached to an aromatic ring is 1. The number of thiophene rings is 1. The van der Waals surface area contributed by atoms with Crippen LogP contribution in [-0.4, -0.2) is 91.8 Å². The molecule has 0 saturated carbocycles. The van der Waals surface area contributed by atoms with Crippen LogP contribution in [0.4, 0.5) is 32.8 Å². The monoisotopic (exact) mass is 703 g/mol. The third-order valence-electron chi connectivity index (χ3n) is 8.64. The van der Waals surface area contributed by atoms with E-state index in [0.717, 1.165) is 24.7 Å². The van der Waals surface area contributed by atoms with Crippen LogP contribution in [0.2, 0.25) is 0 Å². The summed E-state index contributed by atoms with van der Waals surface area (Å²) in [5.74, 6) is -2.48. The maximum Gasteiger partial charge on any atom is 0.417 e. The average molecular weight is 704 g/mol. The number of alkyl halides is 3. The molecule has 2 unspecified atom stereocenters. The highest BCUT2D eigenvalue weighted by Gasteiger charge is 2.39. The largest absolute Gasteiger partial charge is 0.467 e. The van der Waals surface area contributed by atoms with Crippen LogP contribution in [0.3, 0.4) is 0 Å². The predicted octanol–water partition coefficient (Wildman–Crippen LogP) is 5.83. The standard InChI is InChI=1S/C27H21F5N6O2S.C6H13NO/c1-4-18(39)38-8-7-37(11-12(38)2)25-14-9-16(27(30,31)32)20(21(29)22(14)35-26(36-25)40-3)13-5-6-17(28)23-19(13)15(10-33)24(34)41-23;1-7-4-3-6(5-7)8-2/h4-6,9,12H,1,7-8,11,34H2,2-3H3;6H,3-5H2,1-2H3. The number of methoxy groups -OCH3 is 2. The highest BCUT2D eigenvalue weighted by atomic mass is 32.1. The van der Waals surface area contributed by atoms with Gasteiger partial charge in [0.1, 0.15) is 28.2 Å². The van der Waals surface area contributed by atoms with E-state index < -0.39 is 34.5 Å². The smallest absolute Gasteiger partial charge is 0.417 e. The zero-order valence-electron chi connectivity index (χ0n) is 27.2. The molecule has 0 spiro atoms. The molecule has 0 bridgehead atoms. The van der Waals surface area contributed by atoms with Gasteiger partial charge >= 0.3 is 12.2 Å². The second-order valence-corrected chi connectivity index (χ2v) is 12.8. The van der Waals surface area contributed by atoms with Crippen molar-refractivity contribution in [3.8, 4) is 23.2 Å². The Morgan fingerprint density at radius 3 is 2.47 bits per heavy atom. The van der Waals surface area contributed by atoms with Crippen molar-refractivity contribution in [2.75, 3.05) is 64.6 Å². The number of amides is 1. The van der Waals surface area contributed by atoms with E-state index in [1.54, 1.807) is 29.9 Å². The van der Waals surface area contributed by atoms with Crippen LogP contribution < -0.4 is 15.4 Å². The zero-order valence-corrected chi connectivity index (χ0v) is 28.0. The summed E-state index contributed by atoms with van der Waals surface area (Å²) in [7, 11) is 5.14. The maximum atomic E-state index is 16.4. The minimum absolute atomic E-state index is 0.0119. The molecule has 2 fully saturated rings. The third-order valence-corrected chi connectivity index (χ3v) is 9.67. The normalized spacial score (nSPS) is 18.4. The van der Waals surface area contributed by atoms with Gasteiger partial charge in [-0.3, -0.25) is 4.79 Å². The van der Waals surface area contributed by atoms with Crippen molar-refractivity contribution in [1.82, 2.24) is 19.8 Å². The molecule has 2 aromatic carbocycles. The van der Waals surface area contributed by atoms with Crippen LogP contribution in [0.25, 0.3) is 32.1 Å². The Morgan fingerprint density at radius 1 is 1.18 bits per heavy atom. The van der Waals surface area contributed by atoms with Gasteiger partial charge in [-0.15, -0.1) is 11.3 Å². The van der Waals surface area contributed by atoms with Crippen LogP contribution in [-0.2, 0) is 15.7 Å². The van der Waals surface area contributed by atoms with E-state index in [9.17, 15) is 27.6 Å². The molecule has 1 amide bonds. The first-order valence-electron chi connectivity index (χ1n) is 15.2. The Bertz CT molecular complexity index is 1960. The number of nitrogens with two attached hydrogens (primary N) is 1. The number of hydrogen-bond donors (Lipinski definition) is 1. The molecular formula is C33H34F5N7O3S. The number of nitriles is 1. The molecule has 2 N–H and O–H groups in total. The van der Waals surface area contributed by atoms with E-state index in [0.29, 0.717) is 17.4 Å². The summed E-state index contributed by atoms with van der Waals surface area (Å²) in [6, 6.07) is 3.76.